The summed E-state index contributed by atoms with van der Waals surface area (Å²) in [6, 6.07) is 15.8. The van der Waals surface area contributed by atoms with Gasteiger partial charge in [0, 0.05) is 17.7 Å². The lowest BCUT2D eigenvalue weighted by Gasteiger charge is -2.23. The summed E-state index contributed by atoms with van der Waals surface area (Å²) in [4.78, 5) is 0. The molecule has 24 heavy (non-hydrogen) atoms. The van der Waals surface area contributed by atoms with Crippen LogP contribution in [0, 0.1) is 6.92 Å². The molecule has 0 saturated carbocycles. The Morgan fingerprint density at radius 1 is 1.12 bits per heavy atom. The zero-order valence-corrected chi connectivity index (χ0v) is 13.9. The van der Waals surface area contributed by atoms with Gasteiger partial charge in [0.1, 0.15) is 5.71 Å². The molecule has 1 N–H and O–H groups in total. The van der Waals surface area contributed by atoms with Gasteiger partial charge in [-0.15, -0.1) is 0 Å². The fourth-order valence-electron chi connectivity index (χ4n) is 2.99. The summed E-state index contributed by atoms with van der Waals surface area (Å²) >= 11 is 0. The van der Waals surface area contributed by atoms with Crippen molar-refractivity contribution < 1.29 is 14.7 Å². The largest absolute Gasteiger partial charge is 0.410 e. The van der Waals surface area contributed by atoms with E-state index in [1.165, 1.54) is 0 Å². The molecule has 4 heteroatoms. The van der Waals surface area contributed by atoms with E-state index in [1.807, 2.05) is 55.5 Å². The SMILES string of the molecule is Cc1ccccc1/C(=N/O)c1ccccc1COC1CCCCO1. The Balaban J connectivity index is 1.83. The van der Waals surface area contributed by atoms with E-state index >= 15 is 0 Å². The average molecular weight is 325 g/mol. The van der Waals surface area contributed by atoms with Gasteiger partial charge in [-0.1, -0.05) is 53.7 Å². The van der Waals surface area contributed by atoms with Crippen molar-refractivity contribution in [1.82, 2.24) is 0 Å². The van der Waals surface area contributed by atoms with Crippen LogP contribution in [-0.4, -0.2) is 23.8 Å². The van der Waals surface area contributed by atoms with E-state index in [9.17, 15) is 5.21 Å². The summed E-state index contributed by atoms with van der Waals surface area (Å²) in [6.07, 6.45) is 3.03. The summed E-state index contributed by atoms with van der Waals surface area (Å²) in [7, 11) is 0. The summed E-state index contributed by atoms with van der Waals surface area (Å²) in [5, 5.41) is 13.2. The Kier molecular flexibility index (Phi) is 5.62. The van der Waals surface area contributed by atoms with Crippen molar-refractivity contribution in [3.05, 3.63) is 70.8 Å². The average Bonchev–Trinajstić information content (AvgIpc) is 2.64. The van der Waals surface area contributed by atoms with E-state index in [4.69, 9.17) is 9.47 Å². The molecule has 0 aliphatic carbocycles. The van der Waals surface area contributed by atoms with Crippen LogP contribution >= 0.6 is 0 Å². The molecule has 126 valence electrons. The van der Waals surface area contributed by atoms with Gasteiger partial charge in [0.15, 0.2) is 6.29 Å². The molecular weight excluding hydrogens is 302 g/mol. The first-order valence-electron chi connectivity index (χ1n) is 8.39. The van der Waals surface area contributed by atoms with E-state index in [0.717, 1.165) is 48.1 Å². The molecule has 2 aromatic rings. The molecule has 2 aromatic carbocycles. The van der Waals surface area contributed by atoms with Crippen LogP contribution in [0.3, 0.4) is 0 Å². The van der Waals surface area contributed by atoms with E-state index in [0.29, 0.717) is 12.3 Å². The fraction of sp³-hybridized carbons (Fsp3) is 0.350. The van der Waals surface area contributed by atoms with Gasteiger partial charge in [-0.3, -0.25) is 0 Å². The third-order valence-electron chi connectivity index (χ3n) is 4.34. The number of ether oxygens (including phenoxy) is 2. The highest BCUT2D eigenvalue weighted by Crippen LogP contribution is 2.21. The van der Waals surface area contributed by atoms with E-state index < -0.39 is 0 Å². The van der Waals surface area contributed by atoms with Gasteiger partial charge in [-0.25, -0.2) is 0 Å². The summed E-state index contributed by atoms with van der Waals surface area (Å²) < 4.78 is 11.5. The minimum atomic E-state index is -0.139. The number of hydrogen-bond donors (Lipinski definition) is 1. The summed E-state index contributed by atoms with van der Waals surface area (Å²) in [5.74, 6) is 0. The van der Waals surface area contributed by atoms with Gasteiger partial charge >= 0.3 is 0 Å². The second-order valence-electron chi connectivity index (χ2n) is 6.03. The van der Waals surface area contributed by atoms with E-state index in [-0.39, 0.29) is 6.29 Å². The van der Waals surface area contributed by atoms with E-state index in [2.05, 4.69) is 5.16 Å². The Hall–Kier alpha value is -2.17. The number of rotatable bonds is 5. The van der Waals surface area contributed by atoms with Crippen LogP contribution in [0.2, 0.25) is 0 Å². The normalized spacial score (nSPS) is 18.5. The van der Waals surface area contributed by atoms with Crippen molar-refractivity contribution in [1.29, 1.82) is 0 Å². The second kappa shape index (κ2) is 8.08. The Bertz CT molecular complexity index is 706. The molecule has 3 rings (SSSR count). The van der Waals surface area contributed by atoms with Crippen LogP contribution < -0.4 is 0 Å². The third-order valence-corrected chi connectivity index (χ3v) is 4.34. The first-order chi connectivity index (χ1) is 11.8. The summed E-state index contributed by atoms with van der Waals surface area (Å²) in [5.41, 5.74) is 4.42. The molecule has 1 unspecified atom stereocenters. The van der Waals surface area contributed by atoms with Gasteiger partial charge in [-0.2, -0.15) is 0 Å². The molecule has 0 spiro atoms. The molecule has 1 fully saturated rings. The molecule has 1 aliphatic heterocycles. The number of aryl methyl sites for hydroxylation is 1. The van der Waals surface area contributed by atoms with Gasteiger partial charge in [0.2, 0.25) is 0 Å². The first kappa shape index (κ1) is 16.7. The van der Waals surface area contributed by atoms with Gasteiger partial charge in [0.05, 0.1) is 6.61 Å². The van der Waals surface area contributed by atoms with Crippen molar-refractivity contribution >= 4 is 5.71 Å². The third kappa shape index (κ3) is 3.83. The predicted octanol–water partition coefficient (Wildman–Crippen LogP) is 4.26. The molecule has 0 radical (unpaired) electrons. The molecule has 1 atom stereocenters. The number of benzene rings is 2. The monoisotopic (exact) mass is 325 g/mol. The van der Waals surface area contributed by atoms with Crippen LogP contribution in [0.25, 0.3) is 0 Å². The van der Waals surface area contributed by atoms with Gasteiger partial charge in [0.25, 0.3) is 0 Å². The Morgan fingerprint density at radius 3 is 2.58 bits per heavy atom. The van der Waals surface area contributed by atoms with Crippen molar-refractivity contribution in [3.8, 4) is 0 Å². The number of nitrogens with zero attached hydrogens (tertiary/aromatic N) is 1. The number of oxime groups is 1. The Morgan fingerprint density at radius 2 is 1.88 bits per heavy atom. The smallest absolute Gasteiger partial charge is 0.158 e. The van der Waals surface area contributed by atoms with Crippen molar-refractivity contribution in [2.45, 2.75) is 39.1 Å². The van der Waals surface area contributed by atoms with Crippen LogP contribution in [0.1, 0.15) is 41.5 Å². The minimum absolute atomic E-state index is 0.139. The highest BCUT2D eigenvalue weighted by molar-refractivity contribution is 6.14. The lowest BCUT2D eigenvalue weighted by molar-refractivity contribution is -0.168. The predicted molar refractivity (Wildman–Crippen MR) is 93.4 cm³/mol. The molecule has 0 bridgehead atoms. The minimum Gasteiger partial charge on any atom is -0.410 e. The van der Waals surface area contributed by atoms with Gasteiger partial charge in [-0.05, 0) is 37.3 Å². The summed E-state index contributed by atoms with van der Waals surface area (Å²) in [6.45, 7) is 3.21. The lowest BCUT2D eigenvalue weighted by atomic mass is 9.95. The standard InChI is InChI=1S/C20H23NO3/c1-15-8-2-4-10-17(15)20(21-22)18-11-5-3-9-16(18)14-24-19-12-6-7-13-23-19/h2-5,8-11,19,22H,6-7,12-14H2,1H3/b21-20-. The molecule has 1 aliphatic rings. The number of hydrogen-bond acceptors (Lipinski definition) is 4. The zero-order valence-electron chi connectivity index (χ0n) is 13.9. The van der Waals surface area contributed by atoms with Crippen molar-refractivity contribution in [2.24, 2.45) is 5.16 Å². The first-order valence-corrected chi connectivity index (χ1v) is 8.39. The highest BCUT2D eigenvalue weighted by Gasteiger charge is 2.17. The Labute approximate surface area is 142 Å². The molecular formula is C20H23NO3. The van der Waals surface area contributed by atoms with Gasteiger partial charge < -0.3 is 14.7 Å². The van der Waals surface area contributed by atoms with Crippen LogP contribution in [-0.2, 0) is 16.1 Å². The molecule has 0 amide bonds. The van der Waals surface area contributed by atoms with Crippen LogP contribution in [0.15, 0.2) is 53.7 Å². The molecule has 4 nitrogen and oxygen atoms in total. The zero-order chi connectivity index (χ0) is 16.8. The van der Waals surface area contributed by atoms with E-state index in [1.54, 1.807) is 0 Å². The quantitative estimate of drug-likeness (QED) is 0.507. The lowest BCUT2D eigenvalue weighted by Crippen LogP contribution is -2.22. The molecule has 0 aromatic heterocycles. The topological polar surface area (TPSA) is 51.1 Å². The second-order valence-corrected chi connectivity index (χ2v) is 6.03. The maximum atomic E-state index is 9.62. The maximum Gasteiger partial charge on any atom is 0.158 e. The van der Waals surface area contributed by atoms with Crippen LogP contribution in [0.4, 0.5) is 0 Å². The van der Waals surface area contributed by atoms with Crippen molar-refractivity contribution in [2.75, 3.05) is 6.61 Å². The molecule has 1 saturated heterocycles. The maximum absolute atomic E-state index is 9.62. The highest BCUT2D eigenvalue weighted by atomic mass is 16.7. The van der Waals surface area contributed by atoms with Crippen molar-refractivity contribution in [3.63, 3.8) is 0 Å². The van der Waals surface area contributed by atoms with Crippen LogP contribution in [0.5, 0.6) is 0 Å². The molecule has 1 heterocycles. The fourth-order valence-corrected chi connectivity index (χ4v) is 2.99.